The van der Waals surface area contributed by atoms with E-state index >= 15 is 0 Å². The lowest BCUT2D eigenvalue weighted by atomic mass is 9.91. The van der Waals surface area contributed by atoms with Crippen LogP contribution in [0.15, 0.2) is 0 Å². The Morgan fingerprint density at radius 1 is 1.29 bits per heavy atom. The van der Waals surface area contributed by atoms with E-state index in [9.17, 15) is 4.57 Å². The first-order chi connectivity index (χ1) is 6.83. The smallest absolute Gasteiger partial charge is 0.191 e. The Kier molecular flexibility index (Phi) is 6.55. The fraction of sp³-hybridized carbons (Fsp3) is 1.00. The summed E-state index contributed by atoms with van der Waals surface area (Å²) in [7, 11) is -1.71. The van der Waals surface area contributed by atoms with Crippen LogP contribution in [0.5, 0.6) is 0 Å². The van der Waals surface area contributed by atoms with Gasteiger partial charge in [0.1, 0.15) is 0 Å². The van der Waals surface area contributed by atoms with E-state index in [2.05, 4.69) is 6.92 Å². The molecule has 0 radical (unpaired) electrons. The fourth-order valence-corrected chi connectivity index (χ4v) is 3.39. The van der Waals surface area contributed by atoms with E-state index in [0.717, 1.165) is 19.0 Å². The van der Waals surface area contributed by atoms with Crippen molar-refractivity contribution < 1.29 is 9.09 Å². The van der Waals surface area contributed by atoms with Gasteiger partial charge in [0.15, 0.2) is 8.03 Å². The van der Waals surface area contributed by atoms with Gasteiger partial charge in [-0.25, -0.2) is 0 Å². The van der Waals surface area contributed by atoms with Gasteiger partial charge in [0.05, 0.1) is 6.61 Å². The molecule has 1 rings (SSSR count). The fourth-order valence-electron chi connectivity index (χ4n) is 2.02. The molecule has 0 saturated heterocycles. The number of hydrogen-bond acceptors (Lipinski definition) is 2. The SMILES string of the molecule is CCCCO[PH](=O)CC1CCCCC1. The van der Waals surface area contributed by atoms with E-state index in [0.29, 0.717) is 12.5 Å². The number of unbranched alkanes of at least 4 members (excludes halogenated alkanes) is 1. The molecule has 0 N–H and O–H groups in total. The molecule has 0 aliphatic heterocycles. The van der Waals surface area contributed by atoms with Crippen LogP contribution in [0.2, 0.25) is 0 Å². The highest BCUT2D eigenvalue weighted by Crippen LogP contribution is 2.33. The number of rotatable bonds is 6. The Morgan fingerprint density at radius 2 is 2.00 bits per heavy atom. The minimum absolute atomic E-state index is 0.691. The minimum Gasteiger partial charge on any atom is -0.330 e. The normalized spacial score (nSPS) is 20.9. The van der Waals surface area contributed by atoms with Crippen molar-refractivity contribution in [3.63, 3.8) is 0 Å². The monoisotopic (exact) mass is 218 g/mol. The Morgan fingerprint density at radius 3 is 2.64 bits per heavy atom. The van der Waals surface area contributed by atoms with Crippen LogP contribution < -0.4 is 0 Å². The van der Waals surface area contributed by atoms with Crippen molar-refractivity contribution in [1.29, 1.82) is 0 Å². The molecular weight excluding hydrogens is 195 g/mol. The van der Waals surface area contributed by atoms with Gasteiger partial charge in [0, 0.05) is 6.16 Å². The van der Waals surface area contributed by atoms with E-state index in [4.69, 9.17) is 4.52 Å². The van der Waals surface area contributed by atoms with Gasteiger partial charge in [-0.2, -0.15) is 0 Å². The van der Waals surface area contributed by atoms with Crippen molar-refractivity contribution in [1.82, 2.24) is 0 Å². The highest BCUT2D eigenvalue weighted by atomic mass is 31.1. The standard InChI is InChI=1S/C11H23O2P/c1-2-3-9-13-14(12)10-11-7-5-4-6-8-11/h11,14H,2-10H2,1H3. The second kappa shape index (κ2) is 7.48. The summed E-state index contributed by atoms with van der Waals surface area (Å²) in [5.41, 5.74) is 0. The van der Waals surface area contributed by atoms with Crippen LogP contribution in [-0.4, -0.2) is 12.8 Å². The van der Waals surface area contributed by atoms with Crippen molar-refractivity contribution in [2.45, 2.75) is 51.9 Å². The van der Waals surface area contributed by atoms with Gasteiger partial charge in [0.25, 0.3) is 0 Å². The van der Waals surface area contributed by atoms with Gasteiger partial charge >= 0.3 is 0 Å². The molecule has 0 aromatic carbocycles. The maximum atomic E-state index is 11.5. The molecule has 1 fully saturated rings. The maximum Gasteiger partial charge on any atom is 0.191 e. The summed E-state index contributed by atoms with van der Waals surface area (Å²) >= 11 is 0. The lowest BCUT2D eigenvalue weighted by Crippen LogP contribution is -2.09. The van der Waals surface area contributed by atoms with Crippen molar-refractivity contribution >= 4 is 8.03 Å². The summed E-state index contributed by atoms with van der Waals surface area (Å²) in [5, 5.41) is 0. The van der Waals surface area contributed by atoms with Crippen LogP contribution in [0.1, 0.15) is 51.9 Å². The van der Waals surface area contributed by atoms with Crippen LogP contribution >= 0.6 is 8.03 Å². The molecule has 0 amide bonds. The van der Waals surface area contributed by atoms with Crippen molar-refractivity contribution in [3.05, 3.63) is 0 Å². The molecule has 0 spiro atoms. The molecule has 1 saturated carbocycles. The second-order valence-corrected chi connectivity index (χ2v) is 5.72. The predicted octanol–water partition coefficient (Wildman–Crippen LogP) is 3.86. The predicted molar refractivity (Wildman–Crippen MR) is 61.3 cm³/mol. The first-order valence-corrected chi connectivity index (χ1v) is 7.51. The molecule has 2 nitrogen and oxygen atoms in total. The van der Waals surface area contributed by atoms with E-state index < -0.39 is 8.03 Å². The molecular formula is C11H23O2P. The molecule has 1 aliphatic carbocycles. The number of hydrogen-bond donors (Lipinski definition) is 0. The zero-order chi connectivity index (χ0) is 10.2. The average molecular weight is 218 g/mol. The third-order valence-corrected chi connectivity index (χ3v) is 4.38. The van der Waals surface area contributed by atoms with Gasteiger partial charge in [-0.15, -0.1) is 0 Å². The van der Waals surface area contributed by atoms with E-state index in [1.807, 2.05) is 0 Å². The lowest BCUT2D eigenvalue weighted by molar-refractivity contribution is 0.309. The second-order valence-electron chi connectivity index (χ2n) is 4.28. The van der Waals surface area contributed by atoms with Gasteiger partial charge < -0.3 is 4.52 Å². The third kappa shape index (κ3) is 5.17. The zero-order valence-electron chi connectivity index (χ0n) is 9.26. The first-order valence-electron chi connectivity index (χ1n) is 5.98. The Hall–Kier alpha value is 0.190. The maximum absolute atomic E-state index is 11.5. The van der Waals surface area contributed by atoms with Crippen LogP contribution in [0, 0.1) is 5.92 Å². The summed E-state index contributed by atoms with van der Waals surface area (Å²) in [5.74, 6) is 0.691. The molecule has 1 aliphatic rings. The van der Waals surface area contributed by atoms with Crippen LogP contribution in [0.4, 0.5) is 0 Å². The third-order valence-electron chi connectivity index (χ3n) is 2.94. The van der Waals surface area contributed by atoms with Crippen molar-refractivity contribution in [2.24, 2.45) is 5.92 Å². The Labute approximate surface area is 88.3 Å². The molecule has 14 heavy (non-hydrogen) atoms. The molecule has 3 heteroatoms. The van der Waals surface area contributed by atoms with E-state index in [1.165, 1.54) is 32.1 Å². The quantitative estimate of drug-likeness (QED) is 0.500. The Bertz CT molecular complexity index is 165. The van der Waals surface area contributed by atoms with Gasteiger partial charge in [0.2, 0.25) is 0 Å². The summed E-state index contributed by atoms with van der Waals surface area (Å²) in [4.78, 5) is 0. The average Bonchev–Trinajstić information content (AvgIpc) is 2.20. The summed E-state index contributed by atoms with van der Waals surface area (Å²) in [6.07, 6.45) is 9.58. The topological polar surface area (TPSA) is 26.3 Å². The molecule has 84 valence electrons. The van der Waals surface area contributed by atoms with Crippen LogP contribution in [0.25, 0.3) is 0 Å². The highest BCUT2D eigenvalue weighted by molar-refractivity contribution is 7.39. The van der Waals surface area contributed by atoms with Crippen molar-refractivity contribution in [3.8, 4) is 0 Å². The zero-order valence-corrected chi connectivity index (χ0v) is 10.3. The minimum atomic E-state index is -1.71. The van der Waals surface area contributed by atoms with Crippen LogP contribution in [-0.2, 0) is 9.09 Å². The van der Waals surface area contributed by atoms with E-state index in [1.54, 1.807) is 0 Å². The molecule has 0 aromatic heterocycles. The summed E-state index contributed by atoms with van der Waals surface area (Å²) in [6.45, 7) is 2.82. The van der Waals surface area contributed by atoms with Gasteiger partial charge in [-0.05, 0) is 25.2 Å². The largest absolute Gasteiger partial charge is 0.330 e. The van der Waals surface area contributed by atoms with E-state index in [-0.39, 0.29) is 0 Å². The Balaban J connectivity index is 2.06. The molecule has 0 heterocycles. The molecule has 0 aromatic rings. The van der Waals surface area contributed by atoms with Crippen molar-refractivity contribution in [2.75, 3.05) is 12.8 Å². The lowest BCUT2D eigenvalue weighted by Gasteiger charge is -2.20. The molecule has 0 bridgehead atoms. The van der Waals surface area contributed by atoms with Gasteiger partial charge in [-0.3, -0.25) is 4.57 Å². The molecule has 1 unspecified atom stereocenters. The summed E-state index contributed by atoms with van der Waals surface area (Å²) in [6, 6.07) is 0. The summed E-state index contributed by atoms with van der Waals surface area (Å²) < 4.78 is 16.9. The van der Waals surface area contributed by atoms with Crippen LogP contribution in [0.3, 0.4) is 0 Å². The highest BCUT2D eigenvalue weighted by Gasteiger charge is 2.16. The molecule has 1 atom stereocenters. The van der Waals surface area contributed by atoms with Gasteiger partial charge in [-0.1, -0.05) is 32.6 Å². The first kappa shape index (κ1) is 12.3.